The number of ether oxygens (including phenoxy) is 3. The Morgan fingerprint density at radius 2 is 1.81 bits per heavy atom. The first-order valence-electron chi connectivity index (χ1n) is 4.69. The molecule has 88 valence electrons. The first kappa shape index (κ1) is 12.5. The van der Waals surface area contributed by atoms with Gasteiger partial charge in [0, 0.05) is 14.2 Å². The molecule has 0 amide bonds. The predicted molar refractivity (Wildman–Crippen MR) is 56.7 cm³/mol. The van der Waals surface area contributed by atoms with Crippen LogP contribution in [0.2, 0.25) is 0 Å². The molecule has 0 aliphatic carbocycles. The van der Waals surface area contributed by atoms with Gasteiger partial charge in [0.2, 0.25) is 0 Å². The minimum Gasteiger partial charge on any atom is -0.488 e. The monoisotopic (exact) mass is 226 g/mol. The van der Waals surface area contributed by atoms with Crippen molar-refractivity contribution in [3.63, 3.8) is 0 Å². The summed E-state index contributed by atoms with van der Waals surface area (Å²) >= 11 is 0. The fourth-order valence-electron chi connectivity index (χ4n) is 1.09. The van der Waals surface area contributed by atoms with Crippen molar-refractivity contribution in [2.75, 3.05) is 20.8 Å². The van der Waals surface area contributed by atoms with Gasteiger partial charge in [-0.3, -0.25) is 0 Å². The van der Waals surface area contributed by atoms with Crippen LogP contribution >= 0.6 is 0 Å². The zero-order valence-electron chi connectivity index (χ0n) is 9.17. The molecular weight excluding hydrogens is 212 g/mol. The van der Waals surface area contributed by atoms with E-state index in [-0.39, 0.29) is 12.2 Å². The third kappa shape index (κ3) is 3.52. The lowest BCUT2D eigenvalue weighted by Crippen LogP contribution is -2.21. The normalized spacial score (nSPS) is 10.4. The van der Waals surface area contributed by atoms with Crippen LogP contribution in [0.4, 0.5) is 0 Å². The Morgan fingerprint density at radius 1 is 1.25 bits per heavy atom. The molecule has 0 saturated heterocycles. The van der Waals surface area contributed by atoms with E-state index in [0.717, 1.165) is 0 Å². The number of carbonyl (C=O) groups is 1. The van der Waals surface area contributed by atoms with Crippen LogP contribution < -0.4 is 4.74 Å². The summed E-state index contributed by atoms with van der Waals surface area (Å²) in [5.74, 6) is -0.387. The van der Waals surface area contributed by atoms with E-state index in [1.807, 2.05) is 0 Å². The van der Waals surface area contributed by atoms with E-state index in [1.165, 1.54) is 26.4 Å². The van der Waals surface area contributed by atoms with Crippen molar-refractivity contribution in [1.29, 1.82) is 0 Å². The van der Waals surface area contributed by atoms with Gasteiger partial charge in [-0.05, 0) is 24.3 Å². The van der Waals surface area contributed by atoms with Crippen LogP contribution in [0.15, 0.2) is 24.3 Å². The summed E-state index contributed by atoms with van der Waals surface area (Å²) in [5.41, 5.74) is 0.224. The topological polar surface area (TPSA) is 65.0 Å². The Balaban J connectivity index is 2.52. The van der Waals surface area contributed by atoms with Crippen LogP contribution in [0.25, 0.3) is 0 Å². The van der Waals surface area contributed by atoms with Crippen molar-refractivity contribution < 1.29 is 24.1 Å². The highest BCUT2D eigenvalue weighted by Gasteiger charge is 2.06. The fraction of sp³-hybridized carbons (Fsp3) is 0.364. The van der Waals surface area contributed by atoms with Crippen LogP contribution in [0.1, 0.15) is 10.4 Å². The lowest BCUT2D eigenvalue weighted by atomic mass is 10.2. The number of carboxylic acids is 1. The van der Waals surface area contributed by atoms with Crippen molar-refractivity contribution in [2.45, 2.75) is 6.29 Å². The lowest BCUT2D eigenvalue weighted by molar-refractivity contribution is -0.121. The molecule has 1 N–H and O–H groups in total. The SMILES string of the molecule is COC(COc1ccc(C(=O)O)cc1)OC. The summed E-state index contributed by atoms with van der Waals surface area (Å²) in [6, 6.07) is 6.14. The van der Waals surface area contributed by atoms with Gasteiger partial charge >= 0.3 is 5.97 Å². The zero-order chi connectivity index (χ0) is 12.0. The Bertz CT molecular complexity index is 329. The molecule has 0 bridgehead atoms. The van der Waals surface area contributed by atoms with Gasteiger partial charge in [-0.1, -0.05) is 0 Å². The van der Waals surface area contributed by atoms with E-state index in [4.69, 9.17) is 19.3 Å². The molecule has 0 unspecified atom stereocenters. The lowest BCUT2D eigenvalue weighted by Gasteiger charge is -2.14. The number of methoxy groups -OCH3 is 2. The summed E-state index contributed by atoms with van der Waals surface area (Å²) < 4.78 is 15.2. The quantitative estimate of drug-likeness (QED) is 0.742. The summed E-state index contributed by atoms with van der Waals surface area (Å²) in [4.78, 5) is 10.6. The first-order chi connectivity index (χ1) is 7.67. The molecule has 0 fully saturated rings. The van der Waals surface area contributed by atoms with E-state index in [0.29, 0.717) is 5.75 Å². The molecule has 5 nitrogen and oxygen atoms in total. The number of hydrogen-bond acceptors (Lipinski definition) is 4. The number of hydrogen-bond donors (Lipinski definition) is 1. The maximum absolute atomic E-state index is 10.6. The van der Waals surface area contributed by atoms with E-state index in [2.05, 4.69) is 0 Å². The molecule has 16 heavy (non-hydrogen) atoms. The zero-order valence-corrected chi connectivity index (χ0v) is 9.17. The first-order valence-corrected chi connectivity index (χ1v) is 4.69. The van der Waals surface area contributed by atoms with Gasteiger partial charge in [0.05, 0.1) is 5.56 Å². The van der Waals surface area contributed by atoms with Gasteiger partial charge in [-0.15, -0.1) is 0 Å². The van der Waals surface area contributed by atoms with Crippen LogP contribution in [0.3, 0.4) is 0 Å². The smallest absolute Gasteiger partial charge is 0.335 e. The molecule has 0 radical (unpaired) electrons. The average molecular weight is 226 g/mol. The standard InChI is InChI=1S/C11H14O5/c1-14-10(15-2)7-16-9-5-3-8(4-6-9)11(12)13/h3-6,10H,7H2,1-2H3,(H,12,13). The highest BCUT2D eigenvalue weighted by atomic mass is 16.7. The van der Waals surface area contributed by atoms with Gasteiger partial charge in [-0.2, -0.15) is 0 Å². The second-order valence-corrected chi connectivity index (χ2v) is 3.04. The van der Waals surface area contributed by atoms with Crippen molar-refractivity contribution in [3.05, 3.63) is 29.8 Å². The van der Waals surface area contributed by atoms with Crippen LogP contribution in [-0.4, -0.2) is 38.2 Å². The third-order valence-electron chi connectivity index (χ3n) is 2.01. The minimum absolute atomic E-state index is 0.224. The third-order valence-corrected chi connectivity index (χ3v) is 2.01. The van der Waals surface area contributed by atoms with Crippen molar-refractivity contribution in [2.24, 2.45) is 0 Å². The van der Waals surface area contributed by atoms with Crippen molar-refractivity contribution in [1.82, 2.24) is 0 Å². The van der Waals surface area contributed by atoms with Gasteiger partial charge < -0.3 is 19.3 Å². The van der Waals surface area contributed by atoms with Gasteiger partial charge in [-0.25, -0.2) is 4.79 Å². The molecule has 0 aliphatic rings. The van der Waals surface area contributed by atoms with Gasteiger partial charge in [0.1, 0.15) is 12.4 Å². The summed E-state index contributed by atoms with van der Waals surface area (Å²) in [6.45, 7) is 0.249. The summed E-state index contributed by atoms with van der Waals surface area (Å²) in [5, 5.41) is 8.69. The molecule has 0 heterocycles. The molecule has 1 aromatic rings. The van der Waals surface area contributed by atoms with Gasteiger partial charge in [0.15, 0.2) is 6.29 Å². The van der Waals surface area contributed by atoms with E-state index in [1.54, 1.807) is 12.1 Å². The summed E-state index contributed by atoms with van der Waals surface area (Å²) in [6.07, 6.45) is -0.431. The van der Waals surface area contributed by atoms with Crippen molar-refractivity contribution >= 4 is 5.97 Å². The van der Waals surface area contributed by atoms with E-state index >= 15 is 0 Å². The molecule has 0 atom stereocenters. The van der Waals surface area contributed by atoms with Crippen LogP contribution in [-0.2, 0) is 9.47 Å². The maximum atomic E-state index is 10.6. The highest BCUT2D eigenvalue weighted by Crippen LogP contribution is 2.12. The molecule has 1 aromatic carbocycles. The summed E-state index contributed by atoms with van der Waals surface area (Å²) in [7, 11) is 3.04. The second-order valence-electron chi connectivity index (χ2n) is 3.04. The molecule has 1 rings (SSSR count). The Kier molecular flexibility index (Phi) is 4.75. The molecule has 5 heteroatoms. The number of carboxylic acid groups (broad SMARTS) is 1. The Labute approximate surface area is 93.6 Å². The van der Waals surface area contributed by atoms with E-state index in [9.17, 15) is 4.79 Å². The van der Waals surface area contributed by atoms with Crippen molar-refractivity contribution in [3.8, 4) is 5.75 Å². The number of rotatable bonds is 6. The average Bonchev–Trinajstić information content (AvgIpc) is 2.31. The second kappa shape index (κ2) is 6.09. The largest absolute Gasteiger partial charge is 0.488 e. The molecule has 0 saturated carbocycles. The highest BCUT2D eigenvalue weighted by molar-refractivity contribution is 5.87. The molecular formula is C11H14O5. The Hall–Kier alpha value is -1.59. The minimum atomic E-state index is -0.960. The molecule has 0 aliphatic heterocycles. The maximum Gasteiger partial charge on any atom is 0.335 e. The molecule has 0 aromatic heterocycles. The molecule has 0 spiro atoms. The van der Waals surface area contributed by atoms with Gasteiger partial charge in [0.25, 0.3) is 0 Å². The van der Waals surface area contributed by atoms with E-state index < -0.39 is 12.3 Å². The number of benzene rings is 1. The van der Waals surface area contributed by atoms with Crippen LogP contribution in [0.5, 0.6) is 5.75 Å². The van der Waals surface area contributed by atoms with Crippen LogP contribution in [0, 0.1) is 0 Å². The Morgan fingerprint density at radius 3 is 2.25 bits per heavy atom. The number of aromatic carboxylic acids is 1. The fourth-order valence-corrected chi connectivity index (χ4v) is 1.09. The predicted octanol–water partition coefficient (Wildman–Crippen LogP) is 1.38.